The van der Waals surface area contributed by atoms with Crippen molar-refractivity contribution >= 4 is 45.2 Å². The second-order valence-electron chi connectivity index (χ2n) is 10.4. The second-order valence-corrected chi connectivity index (χ2v) is 10.4. The molecule has 4 aromatic carbocycles. The number of methoxy groups -OCH3 is 4. The van der Waals surface area contributed by atoms with Crippen LogP contribution in [0.15, 0.2) is 60.7 Å². The molecule has 1 aliphatic heterocycles. The Morgan fingerprint density at radius 3 is 2.07 bits per heavy atom. The second kappa shape index (κ2) is 11.3. The molecule has 46 heavy (non-hydrogen) atoms. The summed E-state index contributed by atoms with van der Waals surface area (Å²) in [5.74, 6) is -2.32. The maximum absolute atomic E-state index is 13.9. The molecule has 0 saturated carbocycles. The molecule has 0 spiro atoms. The van der Waals surface area contributed by atoms with Gasteiger partial charge in [0.05, 0.1) is 57.3 Å². The molecule has 3 amide bonds. The average Bonchev–Trinajstić information content (AvgIpc) is 3.53. The van der Waals surface area contributed by atoms with Gasteiger partial charge in [-0.15, -0.1) is 0 Å². The van der Waals surface area contributed by atoms with Crippen LogP contribution in [0.1, 0.15) is 26.3 Å². The van der Waals surface area contributed by atoms with E-state index in [1.54, 1.807) is 42.5 Å². The van der Waals surface area contributed by atoms with E-state index in [1.807, 2.05) is 11.4 Å². The van der Waals surface area contributed by atoms with E-state index in [0.717, 1.165) is 10.5 Å². The quantitative estimate of drug-likeness (QED) is 0.192. The van der Waals surface area contributed by atoms with Crippen LogP contribution in [0.5, 0.6) is 23.0 Å². The van der Waals surface area contributed by atoms with Crippen LogP contribution >= 0.6 is 0 Å². The monoisotopic (exact) mass is 633 g/mol. The number of carbonyl (C=O) groups is 3. The fourth-order valence-electron chi connectivity index (χ4n) is 5.71. The molecule has 10 nitrogen and oxygen atoms in total. The Labute approximate surface area is 259 Å². The highest BCUT2D eigenvalue weighted by Crippen LogP contribution is 2.47. The van der Waals surface area contributed by atoms with Crippen LogP contribution in [0.3, 0.4) is 0 Å². The number of hydrogen-bond donors (Lipinski definition) is 2. The molecular formula is C33H26F3N3O7. The van der Waals surface area contributed by atoms with E-state index in [9.17, 15) is 27.6 Å². The molecule has 0 saturated heterocycles. The van der Waals surface area contributed by atoms with Crippen molar-refractivity contribution in [2.75, 3.05) is 33.8 Å². The van der Waals surface area contributed by atoms with Gasteiger partial charge in [-0.1, -0.05) is 30.3 Å². The first-order valence-electron chi connectivity index (χ1n) is 13.8. The van der Waals surface area contributed by atoms with Crippen LogP contribution in [0.25, 0.3) is 32.9 Å². The fourth-order valence-corrected chi connectivity index (χ4v) is 5.71. The van der Waals surface area contributed by atoms with Crippen molar-refractivity contribution in [3.8, 4) is 34.1 Å². The Bertz CT molecular complexity index is 2030. The highest BCUT2D eigenvalue weighted by molar-refractivity contribution is 6.30. The zero-order valence-electron chi connectivity index (χ0n) is 24.9. The normalized spacial score (nSPS) is 12.9. The summed E-state index contributed by atoms with van der Waals surface area (Å²) in [5.41, 5.74) is 2.27. The molecule has 0 fully saturated rings. The summed E-state index contributed by atoms with van der Waals surface area (Å²) in [6.45, 7) is 0.0237. The van der Waals surface area contributed by atoms with Crippen molar-refractivity contribution in [2.45, 2.75) is 12.7 Å². The molecule has 1 aliphatic rings. The van der Waals surface area contributed by atoms with Gasteiger partial charge in [-0.05, 0) is 47.0 Å². The predicted molar refractivity (Wildman–Crippen MR) is 163 cm³/mol. The van der Waals surface area contributed by atoms with Gasteiger partial charge in [0.25, 0.3) is 11.8 Å². The number of amides is 3. The maximum atomic E-state index is 13.9. The number of aromatic amines is 1. The average molecular weight is 634 g/mol. The first kappa shape index (κ1) is 30.3. The third-order valence-corrected chi connectivity index (χ3v) is 7.80. The van der Waals surface area contributed by atoms with Gasteiger partial charge in [0, 0.05) is 16.3 Å². The van der Waals surface area contributed by atoms with Crippen LogP contribution < -0.4 is 24.3 Å². The predicted octanol–water partition coefficient (Wildman–Crippen LogP) is 6.32. The number of H-pyrrole nitrogens is 1. The lowest BCUT2D eigenvalue weighted by Gasteiger charge is -2.15. The molecule has 0 radical (unpaired) electrons. The Kier molecular flexibility index (Phi) is 7.47. The number of ether oxygens (including phenoxy) is 4. The highest BCUT2D eigenvalue weighted by atomic mass is 19.4. The Hall–Kier alpha value is -5.72. The molecular weight excluding hydrogens is 607 g/mol. The van der Waals surface area contributed by atoms with Gasteiger partial charge in [0.2, 0.25) is 5.75 Å². The zero-order valence-corrected chi connectivity index (χ0v) is 24.9. The number of fused-ring (bicyclic) bond motifs is 5. The van der Waals surface area contributed by atoms with Gasteiger partial charge in [-0.25, -0.2) is 0 Å². The largest absolute Gasteiger partial charge is 0.495 e. The van der Waals surface area contributed by atoms with Crippen molar-refractivity contribution in [3.05, 3.63) is 77.4 Å². The zero-order chi connectivity index (χ0) is 32.9. The molecule has 0 bridgehead atoms. The number of carbonyl (C=O) groups excluding carboxylic acids is 3. The van der Waals surface area contributed by atoms with Gasteiger partial charge in [-0.3, -0.25) is 19.3 Å². The van der Waals surface area contributed by atoms with Gasteiger partial charge >= 0.3 is 12.1 Å². The van der Waals surface area contributed by atoms with Crippen molar-refractivity contribution in [1.82, 2.24) is 9.88 Å². The fraction of sp³-hybridized carbons (Fsp3) is 0.182. The third-order valence-electron chi connectivity index (χ3n) is 7.80. The van der Waals surface area contributed by atoms with E-state index >= 15 is 0 Å². The summed E-state index contributed by atoms with van der Waals surface area (Å²) in [4.78, 5) is 43.8. The standard InChI is InChI=1S/C33H26F3N3O7/c1-43-23-13-19-21(14-22(23)38-32(42)33(34,35)36)37-28-26(19)18(17-10-24(44-2)29(46-4)25(11-17)45-3)12-20-27(28)31(41)39(30(20)40)15-16-8-6-5-7-9-16/h5-14,37H,15H2,1-4H3,(H,38,42). The topological polar surface area (TPSA) is 119 Å². The van der Waals surface area contributed by atoms with E-state index in [2.05, 4.69) is 4.98 Å². The number of anilines is 1. The summed E-state index contributed by atoms with van der Waals surface area (Å²) in [6, 6.07) is 16.7. The van der Waals surface area contributed by atoms with Gasteiger partial charge in [-0.2, -0.15) is 13.2 Å². The molecule has 2 heterocycles. The van der Waals surface area contributed by atoms with E-state index < -0.39 is 23.9 Å². The van der Waals surface area contributed by atoms with Crippen LogP contribution in [-0.4, -0.2) is 62.2 Å². The number of aromatic nitrogens is 1. The van der Waals surface area contributed by atoms with Crippen LogP contribution in [0.2, 0.25) is 0 Å². The van der Waals surface area contributed by atoms with Crippen LogP contribution in [-0.2, 0) is 11.3 Å². The SMILES string of the molecule is COc1cc2c(cc1NC(=O)C(F)(F)F)[nH]c1c3c(cc(-c4cc(OC)c(OC)c(OC)c4)c12)C(=O)N(Cc1ccccc1)C3=O. The molecule has 236 valence electrons. The molecule has 0 atom stereocenters. The number of nitrogens with zero attached hydrogens (tertiary/aromatic N) is 1. The minimum absolute atomic E-state index is 0.0237. The van der Waals surface area contributed by atoms with E-state index in [1.165, 1.54) is 40.6 Å². The lowest BCUT2D eigenvalue weighted by atomic mass is 9.93. The lowest BCUT2D eigenvalue weighted by molar-refractivity contribution is -0.167. The number of imide groups is 1. The molecule has 2 N–H and O–H groups in total. The molecule has 6 rings (SSSR count). The van der Waals surface area contributed by atoms with E-state index in [4.69, 9.17) is 18.9 Å². The van der Waals surface area contributed by atoms with Crippen LogP contribution in [0.4, 0.5) is 18.9 Å². The van der Waals surface area contributed by atoms with Crippen molar-refractivity contribution < 1.29 is 46.5 Å². The van der Waals surface area contributed by atoms with E-state index in [-0.39, 0.29) is 40.1 Å². The first-order chi connectivity index (χ1) is 22.0. The van der Waals surface area contributed by atoms with Crippen molar-refractivity contribution in [1.29, 1.82) is 0 Å². The smallest absolute Gasteiger partial charge is 0.471 e. The number of nitrogens with one attached hydrogen (secondary N) is 2. The van der Waals surface area contributed by atoms with Crippen molar-refractivity contribution in [2.24, 2.45) is 0 Å². The Morgan fingerprint density at radius 1 is 0.826 bits per heavy atom. The van der Waals surface area contributed by atoms with E-state index in [0.29, 0.717) is 39.1 Å². The molecule has 0 aliphatic carbocycles. The van der Waals surface area contributed by atoms with Crippen molar-refractivity contribution in [3.63, 3.8) is 0 Å². The van der Waals surface area contributed by atoms with Gasteiger partial charge < -0.3 is 29.2 Å². The third kappa shape index (κ3) is 4.89. The molecule has 5 aromatic rings. The maximum Gasteiger partial charge on any atom is 0.471 e. The Morgan fingerprint density at radius 2 is 1.48 bits per heavy atom. The minimum atomic E-state index is -5.14. The van der Waals surface area contributed by atoms with Gasteiger partial charge in [0.1, 0.15) is 5.75 Å². The van der Waals surface area contributed by atoms with Crippen LogP contribution in [0, 0.1) is 0 Å². The number of alkyl halides is 3. The summed E-state index contributed by atoms with van der Waals surface area (Å²) in [7, 11) is 5.62. The molecule has 13 heteroatoms. The molecule has 0 unspecified atom stereocenters. The first-order valence-corrected chi connectivity index (χ1v) is 13.8. The number of hydrogen-bond acceptors (Lipinski definition) is 7. The summed E-state index contributed by atoms with van der Waals surface area (Å²) >= 11 is 0. The Balaban J connectivity index is 1.64. The molecule has 1 aromatic heterocycles. The summed E-state index contributed by atoms with van der Waals surface area (Å²) in [5, 5.41) is 2.76. The lowest BCUT2D eigenvalue weighted by Crippen LogP contribution is -2.30. The number of halogens is 3. The van der Waals surface area contributed by atoms with Gasteiger partial charge in [0.15, 0.2) is 11.5 Å². The summed E-state index contributed by atoms with van der Waals surface area (Å²) in [6.07, 6.45) is -5.14. The summed E-state index contributed by atoms with van der Waals surface area (Å²) < 4.78 is 61.3. The highest BCUT2D eigenvalue weighted by Gasteiger charge is 2.40. The minimum Gasteiger partial charge on any atom is -0.495 e. The number of benzene rings is 4. The number of rotatable bonds is 8.